The molecular weight excluding hydrogens is 450 g/mol. The maximum Gasteiger partial charge on any atom is 0.295 e. The fourth-order valence-electron chi connectivity index (χ4n) is 4.32. The van der Waals surface area contributed by atoms with E-state index in [-0.39, 0.29) is 12.1 Å². The maximum atomic E-state index is 13.4. The molecule has 1 aliphatic rings. The second-order valence-corrected chi connectivity index (χ2v) is 7.96. The van der Waals surface area contributed by atoms with Crippen molar-refractivity contribution in [1.29, 1.82) is 0 Å². The summed E-state index contributed by atoms with van der Waals surface area (Å²) in [5.41, 5.74) is 1.66. The Hall–Kier alpha value is -4.87. The summed E-state index contributed by atoms with van der Waals surface area (Å²) >= 11 is 0. The third-order valence-electron chi connectivity index (χ3n) is 6.03. The number of nitrogens with zero attached hydrogens (tertiary/aromatic N) is 8. The summed E-state index contributed by atoms with van der Waals surface area (Å²) in [5, 5.41) is 16.8. The molecule has 35 heavy (non-hydrogen) atoms. The number of fused-ring (bicyclic) bond motifs is 2. The van der Waals surface area contributed by atoms with E-state index >= 15 is 0 Å². The van der Waals surface area contributed by atoms with E-state index in [4.69, 9.17) is 4.74 Å². The van der Waals surface area contributed by atoms with Crippen LogP contribution in [0.1, 0.15) is 16.2 Å². The highest BCUT2D eigenvalue weighted by Gasteiger charge is 2.31. The summed E-state index contributed by atoms with van der Waals surface area (Å²) in [4.78, 5) is 35.5. The van der Waals surface area contributed by atoms with Crippen molar-refractivity contribution in [2.45, 2.75) is 13.1 Å². The number of H-pyrrole nitrogens is 1. The minimum Gasteiger partial charge on any atom is -0.494 e. The Morgan fingerprint density at radius 3 is 2.74 bits per heavy atom. The topological polar surface area (TPSA) is 137 Å². The monoisotopic (exact) mass is 469 g/mol. The Balaban J connectivity index is 1.31. The highest BCUT2D eigenvalue weighted by Crippen LogP contribution is 2.32. The third-order valence-corrected chi connectivity index (χ3v) is 6.03. The van der Waals surface area contributed by atoms with Gasteiger partial charge in [-0.2, -0.15) is 0 Å². The van der Waals surface area contributed by atoms with Crippen molar-refractivity contribution in [1.82, 2.24) is 44.6 Å². The van der Waals surface area contributed by atoms with Gasteiger partial charge in [0, 0.05) is 24.8 Å². The van der Waals surface area contributed by atoms with Crippen LogP contribution in [0.15, 0.2) is 55.1 Å². The predicted octanol–water partition coefficient (Wildman–Crippen LogP) is 1.64. The van der Waals surface area contributed by atoms with Crippen LogP contribution in [-0.2, 0) is 17.9 Å². The van der Waals surface area contributed by atoms with Gasteiger partial charge in [0.05, 0.1) is 48.7 Å². The Labute approximate surface area is 198 Å². The minimum absolute atomic E-state index is 0.190. The molecular formula is C23H19N9O3. The molecule has 1 aliphatic heterocycles. The van der Waals surface area contributed by atoms with Crippen molar-refractivity contribution in [2.75, 3.05) is 13.7 Å². The van der Waals surface area contributed by atoms with Gasteiger partial charge in [-0.3, -0.25) is 9.59 Å². The largest absolute Gasteiger partial charge is 0.494 e. The number of Topliss-reactive ketones (excluding diaryl/α,β-unsaturated/α-hetero) is 1. The van der Waals surface area contributed by atoms with Crippen LogP contribution in [0.5, 0.6) is 5.75 Å². The number of rotatable bonds is 5. The SMILES string of the molecule is COc1cnc(-n2ccnn2)c2[nH]cc(C(=O)C(=O)N3CCn4c(nnc4-c4ccccc4)C3)c12. The normalized spacial score (nSPS) is 13.1. The van der Waals surface area contributed by atoms with Crippen molar-refractivity contribution in [3.8, 4) is 23.0 Å². The first-order valence-corrected chi connectivity index (χ1v) is 10.9. The van der Waals surface area contributed by atoms with E-state index < -0.39 is 11.7 Å². The summed E-state index contributed by atoms with van der Waals surface area (Å²) in [6.45, 7) is 1.04. The number of hydrogen-bond donors (Lipinski definition) is 1. The predicted molar refractivity (Wildman–Crippen MR) is 123 cm³/mol. The molecule has 6 rings (SSSR count). The number of ketones is 1. The number of amides is 1. The van der Waals surface area contributed by atoms with Gasteiger partial charge in [0.1, 0.15) is 5.75 Å². The molecule has 5 heterocycles. The summed E-state index contributed by atoms with van der Waals surface area (Å²) in [6, 6.07) is 9.74. The molecule has 0 bridgehead atoms. The van der Waals surface area contributed by atoms with Crippen LogP contribution in [0.2, 0.25) is 0 Å². The van der Waals surface area contributed by atoms with Gasteiger partial charge < -0.3 is 19.2 Å². The molecule has 0 atom stereocenters. The lowest BCUT2D eigenvalue weighted by Gasteiger charge is -2.27. The van der Waals surface area contributed by atoms with Crippen molar-refractivity contribution >= 4 is 22.6 Å². The smallest absolute Gasteiger partial charge is 0.295 e. The average molecular weight is 469 g/mol. The first-order chi connectivity index (χ1) is 17.2. The van der Waals surface area contributed by atoms with E-state index in [1.807, 2.05) is 34.9 Å². The van der Waals surface area contributed by atoms with E-state index in [0.29, 0.717) is 41.4 Å². The second kappa shape index (κ2) is 8.17. The number of carbonyl (C=O) groups excluding carboxylic acids is 2. The standard InChI is InChI=1S/C23H19N9O3/c1-35-16-12-25-22(32-8-7-26-29-32)19-18(16)15(11-24-19)20(33)23(34)30-9-10-31-17(13-30)27-28-21(31)14-5-3-2-4-6-14/h2-8,11-12,24H,9-10,13H2,1H3. The fourth-order valence-corrected chi connectivity index (χ4v) is 4.32. The van der Waals surface area contributed by atoms with E-state index in [0.717, 1.165) is 11.4 Å². The van der Waals surface area contributed by atoms with E-state index in [1.54, 1.807) is 6.20 Å². The molecule has 12 nitrogen and oxygen atoms in total. The van der Waals surface area contributed by atoms with Gasteiger partial charge in [-0.1, -0.05) is 35.5 Å². The summed E-state index contributed by atoms with van der Waals surface area (Å²) in [7, 11) is 1.48. The van der Waals surface area contributed by atoms with E-state index in [1.165, 1.54) is 35.3 Å². The van der Waals surface area contributed by atoms with Crippen LogP contribution >= 0.6 is 0 Å². The lowest BCUT2D eigenvalue weighted by molar-refractivity contribution is -0.127. The number of ether oxygens (including phenoxy) is 1. The average Bonchev–Trinajstić information content (AvgIpc) is 3.67. The zero-order chi connectivity index (χ0) is 23.9. The van der Waals surface area contributed by atoms with Gasteiger partial charge in [0.25, 0.3) is 11.7 Å². The van der Waals surface area contributed by atoms with Crippen LogP contribution in [0.3, 0.4) is 0 Å². The zero-order valence-electron chi connectivity index (χ0n) is 18.6. The van der Waals surface area contributed by atoms with Crippen LogP contribution in [-0.4, -0.2) is 70.0 Å². The molecule has 174 valence electrons. The molecule has 0 aliphatic carbocycles. The van der Waals surface area contributed by atoms with Gasteiger partial charge in [0.15, 0.2) is 17.5 Å². The molecule has 5 aromatic rings. The van der Waals surface area contributed by atoms with Crippen LogP contribution < -0.4 is 4.74 Å². The number of benzene rings is 1. The van der Waals surface area contributed by atoms with Gasteiger partial charge in [-0.25, -0.2) is 9.67 Å². The van der Waals surface area contributed by atoms with Gasteiger partial charge in [-0.15, -0.1) is 15.3 Å². The van der Waals surface area contributed by atoms with Crippen molar-refractivity contribution in [2.24, 2.45) is 0 Å². The molecule has 0 saturated carbocycles. The number of hydrogen-bond acceptors (Lipinski definition) is 8. The fraction of sp³-hybridized carbons (Fsp3) is 0.174. The Morgan fingerprint density at radius 1 is 1.11 bits per heavy atom. The Kier molecular flexibility index (Phi) is 4.83. The maximum absolute atomic E-state index is 13.4. The highest BCUT2D eigenvalue weighted by molar-refractivity contribution is 6.45. The van der Waals surface area contributed by atoms with Gasteiger partial charge in [0.2, 0.25) is 0 Å². The molecule has 4 aromatic heterocycles. The van der Waals surface area contributed by atoms with Crippen molar-refractivity contribution in [3.05, 3.63) is 66.5 Å². The number of carbonyl (C=O) groups is 2. The molecule has 0 radical (unpaired) electrons. The number of aromatic nitrogens is 8. The van der Waals surface area contributed by atoms with Crippen molar-refractivity contribution < 1.29 is 14.3 Å². The molecule has 1 aromatic carbocycles. The number of pyridine rings is 1. The molecule has 0 unspecified atom stereocenters. The Morgan fingerprint density at radius 2 is 1.97 bits per heavy atom. The zero-order valence-corrected chi connectivity index (χ0v) is 18.6. The minimum atomic E-state index is -0.651. The molecule has 0 fully saturated rings. The molecule has 0 spiro atoms. The number of aromatic amines is 1. The van der Waals surface area contributed by atoms with Gasteiger partial charge in [-0.05, 0) is 0 Å². The third kappa shape index (κ3) is 3.34. The highest BCUT2D eigenvalue weighted by atomic mass is 16.5. The molecule has 0 saturated heterocycles. The van der Waals surface area contributed by atoms with Crippen LogP contribution in [0.4, 0.5) is 0 Å². The van der Waals surface area contributed by atoms with Gasteiger partial charge >= 0.3 is 0 Å². The number of nitrogens with one attached hydrogen (secondary N) is 1. The summed E-state index contributed by atoms with van der Waals surface area (Å²) in [6.07, 6.45) is 6.14. The Bertz CT molecular complexity index is 1550. The summed E-state index contributed by atoms with van der Waals surface area (Å²) in [5.74, 6) is 0.902. The quantitative estimate of drug-likeness (QED) is 0.303. The van der Waals surface area contributed by atoms with E-state index in [2.05, 4.69) is 30.5 Å². The molecule has 1 amide bonds. The van der Waals surface area contributed by atoms with E-state index in [9.17, 15) is 9.59 Å². The first-order valence-electron chi connectivity index (χ1n) is 10.9. The summed E-state index contributed by atoms with van der Waals surface area (Å²) < 4.78 is 8.89. The van der Waals surface area contributed by atoms with Crippen LogP contribution in [0.25, 0.3) is 28.1 Å². The first kappa shape index (κ1) is 20.7. The molecule has 12 heteroatoms. The second-order valence-electron chi connectivity index (χ2n) is 7.96. The lowest BCUT2D eigenvalue weighted by atomic mass is 10.1. The van der Waals surface area contributed by atoms with Crippen molar-refractivity contribution in [3.63, 3.8) is 0 Å². The van der Waals surface area contributed by atoms with Crippen LogP contribution in [0, 0.1) is 0 Å². The lowest BCUT2D eigenvalue weighted by Crippen LogP contribution is -2.42. The molecule has 1 N–H and O–H groups in total. The number of methoxy groups -OCH3 is 1.